The number of ether oxygens (including phenoxy) is 1. The molecule has 0 aliphatic heterocycles. The van der Waals surface area contributed by atoms with Crippen molar-refractivity contribution in [3.8, 4) is 0 Å². The molecule has 0 aliphatic carbocycles. The number of benzene rings is 1. The van der Waals surface area contributed by atoms with Crippen LogP contribution in [-0.2, 0) is 16.1 Å². The lowest BCUT2D eigenvalue weighted by Crippen LogP contribution is -2.11. The van der Waals surface area contributed by atoms with E-state index in [1.54, 1.807) is 6.20 Å². The van der Waals surface area contributed by atoms with Gasteiger partial charge in [0, 0.05) is 30.9 Å². The summed E-state index contributed by atoms with van der Waals surface area (Å²) in [5.41, 5.74) is 1.01. The summed E-state index contributed by atoms with van der Waals surface area (Å²) < 4.78 is 4.50. The molecule has 0 bridgehead atoms. The Balaban J connectivity index is 2.58. The average Bonchev–Trinajstić information content (AvgIpc) is 2.29. The Morgan fingerprint density at radius 1 is 1.50 bits per heavy atom. The summed E-state index contributed by atoms with van der Waals surface area (Å²) in [6.45, 7) is 0.646. The molecule has 16 heavy (non-hydrogen) atoms. The molecule has 1 rings (SSSR count). The molecular weight excluding hydrogens is 226 g/mol. The minimum Gasteiger partial charge on any atom is -0.466 e. The van der Waals surface area contributed by atoms with E-state index in [0.717, 1.165) is 10.6 Å². The van der Waals surface area contributed by atoms with Crippen molar-refractivity contribution >= 4 is 17.6 Å². The summed E-state index contributed by atoms with van der Waals surface area (Å²) in [7, 11) is 3.21. The number of esters is 1. The minimum absolute atomic E-state index is 0.369. The number of hydrogen-bond acceptors (Lipinski definition) is 3. The second kappa shape index (κ2) is 6.18. The number of halogens is 1. The van der Waals surface area contributed by atoms with Crippen LogP contribution in [0.2, 0.25) is 5.02 Å². The number of nitrogens with zero attached hydrogens (tertiary/aromatic N) is 1. The van der Waals surface area contributed by atoms with E-state index in [2.05, 4.69) is 4.74 Å². The van der Waals surface area contributed by atoms with Crippen LogP contribution >= 0.6 is 11.6 Å². The van der Waals surface area contributed by atoms with E-state index in [9.17, 15) is 4.79 Å². The molecule has 0 unspecified atom stereocenters. The highest BCUT2D eigenvalue weighted by atomic mass is 35.5. The molecule has 0 saturated heterocycles. The van der Waals surface area contributed by atoms with Crippen molar-refractivity contribution in [2.75, 3.05) is 14.2 Å². The molecule has 0 N–H and O–H groups in total. The van der Waals surface area contributed by atoms with Crippen LogP contribution in [0.3, 0.4) is 0 Å². The molecule has 0 radical (unpaired) electrons. The van der Waals surface area contributed by atoms with Crippen molar-refractivity contribution in [3.63, 3.8) is 0 Å². The summed E-state index contributed by atoms with van der Waals surface area (Å²) >= 11 is 6.02. The van der Waals surface area contributed by atoms with Gasteiger partial charge in [-0.2, -0.15) is 0 Å². The van der Waals surface area contributed by atoms with Gasteiger partial charge in [-0.25, -0.2) is 4.79 Å². The van der Waals surface area contributed by atoms with Crippen LogP contribution < -0.4 is 0 Å². The first kappa shape index (κ1) is 12.6. The Kier molecular flexibility index (Phi) is 4.86. The summed E-state index contributed by atoms with van der Waals surface area (Å²) in [6, 6.07) is 7.61. The molecule has 86 valence electrons. The maximum Gasteiger partial charge on any atom is 0.331 e. The lowest BCUT2D eigenvalue weighted by molar-refractivity contribution is -0.134. The van der Waals surface area contributed by atoms with E-state index < -0.39 is 0 Å². The quantitative estimate of drug-likeness (QED) is 0.597. The van der Waals surface area contributed by atoms with Crippen molar-refractivity contribution in [3.05, 3.63) is 47.1 Å². The zero-order valence-corrected chi connectivity index (χ0v) is 10.1. The highest BCUT2D eigenvalue weighted by Gasteiger charge is 2.00. The van der Waals surface area contributed by atoms with Gasteiger partial charge in [0.05, 0.1) is 7.11 Å². The van der Waals surface area contributed by atoms with Crippen LogP contribution in [0.25, 0.3) is 0 Å². The van der Waals surface area contributed by atoms with Crippen molar-refractivity contribution in [2.45, 2.75) is 6.54 Å². The number of carbonyl (C=O) groups excluding carboxylic acids is 1. The molecule has 1 aromatic rings. The van der Waals surface area contributed by atoms with Crippen LogP contribution in [0.15, 0.2) is 36.5 Å². The molecule has 0 spiro atoms. The zero-order chi connectivity index (χ0) is 12.0. The predicted molar refractivity (Wildman–Crippen MR) is 64.1 cm³/mol. The summed E-state index contributed by atoms with van der Waals surface area (Å²) in [6.07, 6.45) is 3.03. The van der Waals surface area contributed by atoms with E-state index in [-0.39, 0.29) is 5.97 Å². The lowest BCUT2D eigenvalue weighted by Gasteiger charge is -2.14. The lowest BCUT2D eigenvalue weighted by atomic mass is 10.2. The molecule has 1 aromatic carbocycles. The van der Waals surface area contributed by atoms with Crippen LogP contribution in [0.5, 0.6) is 0 Å². The van der Waals surface area contributed by atoms with E-state index in [1.165, 1.54) is 13.2 Å². The smallest absolute Gasteiger partial charge is 0.331 e. The van der Waals surface area contributed by atoms with Gasteiger partial charge in [-0.15, -0.1) is 0 Å². The van der Waals surface area contributed by atoms with Crippen molar-refractivity contribution in [1.82, 2.24) is 4.90 Å². The van der Waals surface area contributed by atoms with E-state index in [4.69, 9.17) is 11.6 Å². The topological polar surface area (TPSA) is 29.5 Å². The Morgan fingerprint density at radius 3 is 2.81 bits per heavy atom. The maximum atomic E-state index is 10.9. The first-order valence-corrected chi connectivity index (χ1v) is 5.21. The highest BCUT2D eigenvalue weighted by Crippen LogP contribution is 2.16. The SMILES string of the molecule is COC(=O)C=CN(C)Cc1ccccc1Cl. The molecule has 0 amide bonds. The Bertz CT molecular complexity index is 390. The molecule has 0 fully saturated rings. The largest absolute Gasteiger partial charge is 0.466 e. The molecule has 0 aromatic heterocycles. The minimum atomic E-state index is -0.369. The van der Waals surface area contributed by atoms with Crippen molar-refractivity contribution < 1.29 is 9.53 Å². The average molecular weight is 240 g/mol. The van der Waals surface area contributed by atoms with Gasteiger partial charge < -0.3 is 9.64 Å². The van der Waals surface area contributed by atoms with Gasteiger partial charge in [0.2, 0.25) is 0 Å². The molecule has 0 atom stereocenters. The maximum absolute atomic E-state index is 10.9. The van der Waals surface area contributed by atoms with Gasteiger partial charge in [0.15, 0.2) is 0 Å². The van der Waals surface area contributed by atoms with Crippen LogP contribution in [-0.4, -0.2) is 25.0 Å². The zero-order valence-electron chi connectivity index (χ0n) is 9.31. The standard InChI is InChI=1S/C12H14ClNO2/c1-14(8-7-12(15)16-2)9-10-5-3-4-6-11(10)13/h3-8H,9H2,1-2H3. The highest BCUT2D eigenvalue weighted by molar-refractivity contribution is 6.31. The van der Waals surface area contributed by atoms with E-state index in [0.29, 0.717) is 6.54 Å². The van der Waals surface area contributed by atoms with Gasteiger partial charge >= 0.3 is 5.97 Å². The number of methoxy groups -OCH3 is 1. The monoisotopic (exact) mass is 239 g/mol. The predicted octanol–water partition coefficient (Wildman–Crippen LogP) is 2.46. The number of hydrogen-bond donors (Lipinski definition) is 0. The molecular formula is C12H14ClNO2. The number of rotatable bonds is 4. The third-order valence-corrected chi connectivity index (χ3v) is 2.41. The third kappa shape index (κ3) is 3.95. The van der Waals surface area contributed by atoms with Gasteiger partial charge in [0.25, 0.3) is 0 Å². The van der Waals surface area contributed by atoms with E-state index in [1.807, 2.05) is 36.2 Å². The summed E-state index contributed by atoms with van der Waals surface area (Å²) in [4.78, 5) is 12.7. The van der Waals surface area contributed by atoms with E-state index >= 15 is 0 Å². The first-order chi connectivity index (χ1) is 7.63. The van der Waals surface area contributed by atoms with Crippen LogP contribution in [0.1, 0.15) is 5.56 Å². The van der Waals surface area contributed by atoms with Crippen molar-refractivity contribution in [1.29, 1.82) is 0 Å². The summed E-state index contributed by atoms with van der Waals surface area (Å²) in [5.74, 6) is -0.369. The molecule has 0 aliphatic rings. The molecule has 0 heterocycles. The molecule has 3 nitrogen and oxygen atoms in total. The number of carbonyl (C=O) groups is 1. The summed E-state index contributed by atoms with van der Waals surface area (Å²) in [5, 5.41) is 0.723. The molecule has 0 saturated carbocycles. The van der Waals surface area contributed by atoms with Gasteiger partial charge in [-0.05, 0) is 11.6 Å². The first-order valence-electron chi connectivity index (χ1n) is 4.83. The second-order valence-electron chi connectivity index (χ2n) is 3.35. The Labute approximate surface area is 100 Å². The van der Waals surface area contributed by atoms with Crippen LogP contribution in [0.4, 0.5) is 0 Å². The Morgan fingerprint density at radius 2 is 2.19 bits per heavy atom. The second-order valence-corrected chi connectivity index (χ2v) is 3.75. The molecule has 4 heteroatoms. The van der Waals surface area contributed by atoms with Gasteiger partial charge in [-0.1, -0.05) is 29.8 Å². The Hall–Kier alpha value is -1.48. The van der Waals surface area contributed by atoms with Crippen molar-refractivity contribution in [2.24, 2.45) is 0 Å². The van der Waals surface area contributed by atoms with Gasteiger partial charge in [0.1, 0.15) is 0 Å². The fraction of sp³-hybridized carbons (Fsp3) is 0.250. The van der Waals surface area contributed by atoms with Crippen LogP contribution in [0, 0.1) is 0 Å². The third-order valence-electron chi connectivity index (χ3n) is 2.04. The van der Waals surface area contributed by atoms with Gasteiger partial charge in [-0.3, -0.25) is 0 Å². The normalized spacial score (nSPS) is 10.4. The fourth-order valence-corrected chi connectivity index (χ4v) is 1.40. The fourth-order valence-electron chi connectivity index (χ4n) is 1.20.